The molecule has 1 aromatic heterocycles. The van der Waals surface area contributed by atoms with Crippen molar-refractivity contribution in [3.8, 4) is 5.88 Å². The number of hydrogen-bond donors (Lipinski definition) is 0. The number of aromatic nitrogens is 2. The first-order chi connectivity index (χ1) is 9.25. The predicted octanol–water partition coefficient (Wildman–Crippen LogP) is -3.23. The molecule has 0 radical (unpaired) electrons. The average Bonchev–Trinajstić information content (AvgIpc) is 2.45. The van der Waals surface area contributed by atoms with E-state index in [0.29, 0.717) is 13.2 Å². The summed E-state index contributed by atoms with van der Waals surface area (Å²) in [4.78, 5) is 17.9. The third-order valence-electron chi connectivity index (χ3n) is 2.61. The van der Waals surface area contributed by atoms with Crippen LogP contribution in [0, 0.1) is 0 Å². The maximum atomic E-state index is 10.5. The van der Waals surface area contributed by atoms with Crippen molar-refractivity contribution in [3.63, 3.8) is 0 Å². The molecule has 1 fully saturated rings. The van der Waals surface area contributed by atoms with Crippen LogP contribution >= 0.6 is 0 Å². The molecule has 0 saturated carbocycles. The van der Waals surface area contributed by atoms with Gasteiger partial charge in [0.05, 0.1) is 25.0 Å². The maximum absolute atomic E-state index is 10.5. The minimum Gasteiger partial charge on any atom is -0.543 e. The predicted molar refractivity (Wildman–Crippen MR) is 61.4 cm³/mol. The Labute approximate surface area is 138 Å². The molecule has 2 heterocycles. The number of nitrogens with zero attached hydrogens (tertiary/aromatic N) is 2. The van der Waals surface area contributed by atoms with Crippen LogP contribution in [-0.4, -0.2) is 42.0 Å². The first-order valence-corrected chi connectivity index (χ1v) is 6.15. The molecule has 0 spiro atoms. The molecule has 1 atom stereocenters. The number of carboxylic acids is 1. The normalized spacial score (nSPS) is 18.1. The van der Waals surface area contributed by atoms with Crippen LogP contribution in [0.4, 0.5) is 0 Å². The van der Waals surface area contributed by atoms with Gasteiger partial charge in [0, 0.05) is 6.61 Å². The average molecular weight is 290 g/mol. The van der Waals surface area contributed by atoms with Crippen LogP contribution in [0.25, 0.3) is 0 Å². The molecule has 20 heavy (non-hydrogen) atoms. The summed E-state index contributed by atoms with van der Waals surface area (Å²) in [5.41, 5.74) is -0.223. The Morgan fingerprint density at radius 2 is 2.20 bits per heavy atom. The van der Waals surface area contributed by atoms with Crippen molar-refractivity contribution in [1.82, 2.24) is 9.97 Å². The van der Waals surface area contributed by atoms with Gasteiger partial charge in [-0.05, 0) is 19.3 Å². The van der Waals surface area contributed by atoms with Gasteiger partial charge in [-0.2, -0.15) is 0 Å². The Balaban J connectivity index is 0.00000200. The zero-order valence-electron chi connectivity index (χ0n) is 11.4. The molecule has 1 aliphatic rings. The molecule has 1 aromatic rings. The number of aromatic carboxylic acids is 1. The summed E-state index contributed by atoms with van der Waals surface area (Å²) in [7, 11) is 0. The van der Waals surface area contributed by atoms with Crippen molar-refractivity contribution < 1.29 is 53.7 Å². The third kappa shape index (κ3) is 5.72. The summed E-state index contributed by atoms with van der Waals surface area (Å²) in [6, 6.07) is 0. The van der Waals surface area contributed by atoms with Gasteiger partial charge in [-0.15, -0.1) is 0 Å². The van der Waals surface area contributed by atoms with Gasteiger partial charge in [-0.1, -0.05) is 0 Å². The molecule has 1 aliphatic heterocycles. The van der Waals surface area contributed by atoms with Gasteiger partial charge in [0.1, 0.15) is 12.3 Å². The Morgan fingerprint density at radius 3 is 2.80 bits per heavy atom. The number of carboxylic acid groups (broad SMARTS) is 1. The van der Waals surface area contributed by atoms with Crippen molar-refractivity contribution in [3.05, 3.63) is 18.1 Å². The van der Waals surface area contributed by atoms with E-state index in [4.69, 9.17) is 14.2 Å². The van der Waals surface area contributed by atoms with Gasteiger partial charge >= 0.3 is 29.6 Å². The first kappa shape index (κ1) is 17.3. The molecule has 0 amide bonds. The maximum Gasteiger partial charge on any atom is 1.00 e. The second-order valence-electron chi connectivity index (χ2n) is 4.04. The number of carbonyl (C=O) groups excluding carboxylic acids is 1. The first-order valence-electron chi connectivity index (χ1n) is 6.15. The number of carbonyl (C=O) groups is 1. The van der Waals surface area contributed by atoms with E-state index >= 15 is 0 Å². The van der Waals surface area contributed by atoms with Crippen LogP contribution in [0.5, 0.6) is 5.88 Å². The largest absolute Gasteiger partial charge is 1.00 e. The van der Waals surface area contributed by atoms with Gasteiger partial charge < -0.3 is 24.1 Å². The fourth-order valence-corrected chi connectivity index (χ4v) is 1.66. The molecule has 0 bridgehead atoms. The zero-order chi connectivity index (χ0) is 13.5. The molecule has 0 aromatic carbocycles. The van der Waals surface area contributed by atoms with Crippen molar-refractivity contribution in [2.24, 2.45) is 0 Å². The molecule has 1 unspecified atom stereocenters. The standard InChI is InChI=1S/C12H16N2O5.Na/c15-12(16)9-7-14-10(8-13-9)17-5-6-19-11-3-1-2-4-18-11;/h7-8,11H,1-6H2,(H,15,16);/q;+1/p-1. The van der Waals surface area contributed by atoms with Crippen LogP contribution in [0.3, 0.4) is 0 Å². The van der Waals surface area contributed by atoms with Crippen LogP contribution in [0.15, 0.2) is 12.4 Å². The van der Waals surface area contributed by atoms with Crippen molar-refractivity contribution in [2.45, 2.75) is 25.6 Å². The summed E-state index contributed by atoms with van der Waals surface area (Å²) in [6.07, 6.45) is 5.28. The molecular formula is C12H15N2NaO5. The van der Waals surface area contributed by atoms with Crippen LogP contribution in [-0.2, 0) is 9.47 Å². The summed E-state index contributed by atoms with van der Waals surface area (Å²) >= 11 is 0. The van der Waals surface area contributed by atoms with E-state index in [0.717, 1.165) is 32.1 Å². The van der Waals surface area contributed by atoms with E-state index < -0.39 is 5.97 Å². The third-order valence-corrected chi connectivity index (χ3v) is 2.61. The van der Waals surface area contributed by atoms with Gasteiger partial charge in [-0.25, -0.2) is 9.97 Å². The molecule has 1 saturated heterocycles. The second-order valence-corrected chi connectivity index (χ2v) is 4.04. The topological polar surface area (TPSA) is 93.6 Å². The fraction of sp³-hybridized carbons (Fsp3) is 0.583. The Bertz CT molecular complexity index is 409. The van der Waals surface area contributed by atoms with E-state index in [1.165, 1.54) is 6.20 Å². The van der Waals surface area contributed by atoms with Gasteiger partial charge in [0.2, 0.25) is 5.88 Å². The van der Waals surface area contributed by atoms with Crippen LogP contribution < -0.4 is 39.4 Å². The molecule has 2 rings (SSSR count). The van der Waals surface area contributed by atoms with Crippen molar-refractivity contribution in [1.29, 1.82) is 0 Å². The number of hydrogen-bond acceptors (Lipinski definition) is 7. The van der Waals surface area contributed by atoms with Crippen molar-refractivity contribution in [2.75, 3.05) is 19.8 Å². The van der Waals surface area contributed by atoms with E-state index in [-0.39, 0.29) is 47.4 Å². The molecular weight excluding hydrogens is 275 g/mol. The van der Waals surface area contributed by atoms with Gasteiger partial charge in [-0.3, -0.25) is 0 Å². The molecule has 0 aliphatic carbocycles. The van der Waals surface area contributed by atoms with E-state index in [1.54, 1.807) is 0 Å². The zero-order valence-corrected chi connectivity index (χ0v) is 13.4. The molecule has 0 N–H and O–H groups in total. The Morgan fingerprint density at radius 1 is 1.35 bits per heavy atom. The van der Waals surface area contributed by atoms with E-state index in [2.05, 4.69) is 9.97 Å². The van der Waals surface area contributed by atoms with Gasteiger partial charge in [0.15, 0.2) is 6.29 Å². The fourth-order valence-electron chi connectivity index (χ4n) is 1.66. The number of ether oxygens (including phenoxy) is 3. The van der Waals surface area contributed by atoms with Crippen molar-refractivity contribution >= 4 is 5.97 Å². The van der Waals surface area contributed by atoms with Gasteiger partial charge in [0.25, 0.3) is 0 Å². The second kappa shape index (κ2) is 9.25. The summed E-state index contributed by atoms with van der Waals surface area (Å²) in [6.45, 7) is 1.43. The summed E-state index contributed by atoms with van der Waals surface area (Å²) in [5, 5.41) is 10.5. The Kier molecular flexibility index (Phi) is 8.01. The smallest absolute Gasteiger partial charge is 0.543 e. The Hall–Kier alpha value is -0.730. The molecule has 8 heteroatoms. The van der Waals surface area contributed by atoms with E-state index in [9.17, 15) is 9.90 Å². The summed E-state index contributed by atoms with van der Waals surface area (Å²) < 4.78 is 16.1. The SMILES string of the molecule is O=C([O-])c1cnc(OCCOC2CCCCO2)cn1.[Na+]. The van der Waals surface area contributed by atoms with Crippen LogP contribution in [0.1, 0.15) is 29.8 Å². The van der Waals surface area contributed by atoms with Crippen LogP contribution in [0.2, 0.25) is 0 Å². The molecule has 7 nitrogen and oxygen atoms in total. The quantitative estimate of drug-likeness (QED) is 0.401. The van der Waals surface area contributed by atoms with E-state index in [1.807, 2.05) is 0 Å². The minimum atomic E-state index is -1.36. The number of rotatable bonds is 6. The monoisotopic (exact) mass is 290 g/mol. The minimum absolute atomic E-state index is 0. The summed E-state index contributed by atoms with van der Waals surface area (Å²) in [5.74, 6) is -1.12. The molecule has 104 valence electrons.